The number of ketones is 1. The Hall–Kier alpha value is -1.19. The highest BCUT2D eigenvalue weighted by Gasteiger charge is 2.21. The quantitative estimate of drug-likeness (QED) is 0.382. The van der Waals surface area contributed by atoms with Gasteiger partial charge in [-0.3, -0.25) is 9.59 Å². The van der Waals surface area contributed by atoms with Crippen molar-refractivity contribution in [3.05, 3.63) is 0 Å². The van der Waals surface area contributed by atoms with E-state index in [4.69, 9.17) is 4.74 Å². The highest BCUT2D eigenvalue weighted by molar-refractivity contribution is 5.86. The lowest BCUT2D eigenvalue weighted by Crippen LogP contribution is -2.21. The maximum atomic E-state index is 11.4. The van der Waals surface area contributed by atoms with E-state index in [1.54, 1.807) is 0 Å². The summed E-state index contributed by atoms with van der Waals surface area (Å²) in [4.78, 5) is 32.4. The van der Waals surface area contributed by atoms with Gasteiger partial charge in [0, 0.05) is 18.3 Å². The van der Waals surface area contributed by atoms with E-state index < -0.39 is 11.4 Å². The lowest BCUT2D eigenvalue weighted by atomic mass is 9.88. The number of ether oxygens (including phenoxy) is 1. The van der Waals surface area contributed by atoms with Gasteiger partial charge in [-0.1, -0.05) is 20.8 Å². The van der Waals surface area contributed by atoms with Gasteiger partial charge in [-0.2, -0.15) is 0 Å². The summed E-state index contributed by atoms with van der Waals surface area (Å²) in [6, 6.07) is 0. The predicted molar refractivity (Wildman–Crippen MR) is 55.3 cm³/mol. The summed E-state index contributed by atoms with van der Waals surface area (Å²) in [6.45, 7) is 5.54. The van der Waals surface area contributed by atoms with Gasteiger partial charge in [0.1, 0.15) is 12.1 Å². The molecule has 4 nitrogen and oxygen atoms in total. The van der Waals surface area contributed by atoms with Crippen LogP contribution in [0.1, 0.15) is 40.0 Å². The van der Waals surface area contributed by atoms with Crippen LogP contribution in [-0.2, 0) is 19.1 Å². The molecule has 0 aliphatic heterocycles. The van der Waals surface area contributed by atoms with Crippen molar-refractivity contribution in [3.63, 3.8) is 0 Å². The molecule has 0 aliphatic carbocycles. The first-order valence-corrected chi connectivity index (χ1v) is 5.00. The molecule has 0 rings (SSSR count). The van der Waals surface area contributed by atoms with E-state index in [1.807, 2.05) is 20.8 Å². The smallest absolute Gasteiger partial charge is 0.306 e. The van der Waals surface area contributed by atoms with E-state index in [9.17, 15) is 14.4 Å². The second-order valence-corrected chi connectivity index (χ2v) is 4.35. The van der Waals surface area contributed by atoms with Gasteiger partial charge in [0.05, 0.1) is 13.0 Å². The maximum absolute atomic E-state index is 11.4. The summed E-state index contributed by atoms with van der Waals surface area (Å²) in [5.41, 5.74) is -0.414. The largest absolute Gasteiger partial charge is 0.465 e. The normalized spacial score (nSPS) is 10.9. The molecule has 0 heterocycles. The minimum atomic E-state index is -0.422. The summed E-state index contributed by atoms with van der Waals surface area (Å²) in [5.74, 6) is -0.385. The lowest BCUT2D eigenvalue weighted by Gasteiger charge is -2.15. The first-order chi connectivity index (χ1) is 6.88. The average molecular weight is 214 g/mol. The van der Waals surface area contributed by atoms with Crippen molar-refractivity contribution in [2.24, 2.45) is 5.41 Å². The number of Topliss-reactive ketones (excluding diaryl/α,β-unsaturated/α-hetero) is 1. The van der Waals surface area contributed by atoms with Gasteiger partial charge in [0.25, 0.3) is 0 Å². The number of carbonyl (C=O) groups is 3. The second-order valence-electron chi connectivity index (χ2n) is 4.35. The van der Waals surface area contributed by atoms with Crippen LogP contribution in [0.4, 0.5) is 0 Å². The monoisotopic (exact) mass is 214 g/mol. The standard InChI is InChI=1S/C11H18O4/c1-11(2,3)9(13)5-6-10(14)15-8-4-7-12/h7H,4-6,8H2,1-3H3. The van der Waals surface area contributed by atoms with Crippen LogP contribution in [0, 0.1) is 5.41 Å². The van der Waals surface area contributed by atoms with Gasteiger partial charge in [0.2, 0.25) is 0 Å². The van der Waals surface area contributed by atoms with E-state index in [0.717, 1.165) is 0 Å². The van der Waals surface area contributed by atoms with Crippen LogP contribution >= 0.6 is 0 Å². The molecule has 0 radical (unpaired) electrons. The SMILES string of the molecule is CC(C)(C)C(=O)CCC(=O)OCCC=O. The third kappa shape index (κ3) is 6.82. The molecule has 0 aromatic heterocycles. The number of hydrogen-bond acceptors (Lipinski definition) is 4. The molecule has 4 heteroatoms. The molecule has 0 aromatic rings. The van der Waals surface area contributed by atoms with Crippen LogP contribution in [0.15, 0.2) is 0 Å². The van der Waals surface area contributed by atoms with Crippen LogP contribution in [0.2, 0.25) is 0 Å². The van der Waals surface area contributed by atoms with Crippen LogP contribution in [0.5, 0.6) is 0 Å². The Kier molecular flexibility index (Phi) is 5.82. The molecule has 0 saturated heterocycles. The molecular formula is C11H18O4. The van der Waals surface area contributed by atoms with E-state index in [-0.39, 0.29) is 31.7 Å². The second kappa shape index (κ2) is 6.32. The number of hydrogen-bond donors (Lipinski definition) is 0. The van der Waals surface area contributed by atoms with E-state index in [1.165, 1.54) is 0 Å². The zero-order chi connectivity index (χ0) is 11.9. The summed E-state index contributed by atoms with van der Waals surface area (Å²) >= 11 is 0. The Morgan fingerprint density at radius 3 is 2.27 bits per heavy atom. The predicted octanol–water partition coefficient (Wildman–Crippen LogP) is 1.51. The Morgan fingerprint density at radius 2 is 1.80 bits per heavy atom. The molecule has 0 spiro atoms. The molecule has 0 aliphatic rings. The van der Waals surface area contributed by atoms with Crippen molar-refractivity contribution >= 4 is 18.0 Å². The fourth-order valence-electron chi connectivity index (χ4n) is 0.884. The number of esters is 1. The number of rotatable bonds is 6. The van der Waals surface area contributed by atoms with Crippen molar-refractivity contribution < 1.29 is 19.1 Å². The Bertz CT molecular complexity index is 237. The van der Waals surface area contributed by atoms with E-state index in [0.29, 0.717) is 6.29 Å². The van der Waals surface area contributed by atoms with Crippen molar-refractivity contribution in [2.45, 2.75) is 40.0 Å². The number of carbonyl (C=O) groups excluding carboxylic acids is 3. The molecule has 0 N–H and O–H groups in total. The minimum absolute atomic E-state index is 0.0369. The molecular weight excluding hydrogens is 196 g/mol. The highest BCUT2D eigenvalue weighted by Crippen LogP contribution is 2.17. The molecule has 0 bridgehead atoms. The Labute approximate surface area is 90.0 Å². The highest BCUT2D eigenvalue weighted by atomic mass is 16.5. The summed E-state index contributed by atoms with van der Waals surface area (Å²) in [5, 5.41) is 0. The van der Waals surface area contributed by atoms with Gasteiger partial charge in [-0.15, -0.1) is 0 Å². The van der Waals surface area contributed by atoms with Gasteiger partial charge < -0.3 is 9.53 Å². The molecule has 0 saturated carbocycles. The van der Waals surface area contributed by atoms with E-state index >= 15 is 0 Å². The van der Waals surface area contributed by atoms with Crippen LogP contribution in [0.25, 0.3) is 0 Å². The van der Waals surface area contributed by atoms with Crippen LogP contribution in [-0.4, -0.2) is 24.6 Å². The van der Waals surface area contributed by atoms with Crippen molar-refractivity contribution in [1.29, 1.82) is 0 Å². The first-order valence-electron chi connectivity index (χ1n) is 5.00. The summed E-state index contributed by atoms with van der Waals surface area (Å²) in [7, 11) is 0. The number of aldehydes is 1. The van der Waals surface area contributed by atoms with Crippen LogP contribution < -0.4 is 0 Å². The zero-order valence-corrected chi connectivity index (χ0v) is 9.54. The Morgan fingerprint density at radius 1 is 1.20 bits per heavy atom. The third-order valence-corrected chi connectivity index (χ3v) is 1.89. The molecule has 0 amide bonds. The van der Waals surface area contributed by atoms with Crippen molar-refractivity contribution in [1.82, 2.24) is 0 Å². The fourth-order valence-corrected chi connectivity index (χ4v) is 0.884. The molecule has 86 valence electrons. The Balaban J connectivity index is 3.72. The van der Waals surface area contributed by atoms with E-state index in [2.05, 4.69) is 0 Å². The topological polar surface area (TPSA) is 60.4 Å². The van der Waals surface area contributed by atoms with Crippen LogP contribution in [0.3, 0.4) is 0 Å². The van der Waals surface area contributed by atoms with Gasteiger partial charge in [-0.05, 0) is 0 Å². The van der Waals surface area contributed by atoms with Crippen molar-refractivity contribution in [2.75, 3.05) is 6.61 Å². The fraction of sp³-hybridized carbons (Fsp3) is 0.727. The van der Waals surface area contributed by atoms with Gasteiger partial charge in [-0.25, -0.2) is 0 Å². The molecule has 0 atom stereocenters. The molecule has 0 fully saturated rings. The molecule has 0 unspecified atom stereocenters. The van der Waals surface area contributed by atoms with Gasteiger partial charge >= 0.3 is 5.97 Å². The lowest BCUT2D eigenvalue weighted by molar-refractivity contribution is -0.145. The summed E-state index contributed by atoms with van der Waals surface area (Å²) in [6.07, 6.45) is 1.19. The maximum Gasteiger partial charge on any atom is 0.306 e. The molecule has 15 heavy (non-hydrogen) atoms. The zero-order valence-electron chi connectivity index (χ0n) is 9.54. The van der Waals surface area contributed by atoms with Crippen molar-refractivity contribution in [3.8, 4) is 0 Å². The summed E-state index contributed by atoms with van der Waals surface area (Å²) < 4.78 is 4.72. The molecule has 0 aromatic carbocycles. The first kappa shape index (κ1) is 13.8. The average Bonchev–Trinajstić information content (AvgIpc) is 2.13. The third-order valence-electron chi connectivity index (χ3n) is 1.89. The minimum Gasteiger partial charge on any atom is -0.465 e. The van der Waals surface area contributed by atoms with Gasteiger partial charge in [0.15, 0.2) is 0 Å².